The highest BCUT2D eigenvalue weighted by atomic mass is 16.5. The van der Waals surface area contributed by atoms with Crippen LogP contribution in [0.4, 0.5) is 0 Å². The number of pyridine rings is 1. The third-order valence-electron chi connectivity index (χ3n) is 5.77. The summed E-state index contributed by atoms with van der Waals surface area (Å²) in [5.41, 5.74) is 2.41. The number of nitrogens with zero attached hydrogens (tertiary/aromatic N) is 3. The molecule has 0 saturated carbocycles. The Morgan fingerprint density at radius 1 is 1.23 bits per heavy atom. The second kappa shape index (κ2) is 9.66. The molecule has 1 atom stereocenters. The number of ether oxygens (including phenoxy) is 2. The number of imidazole rings is 1. The summed E-state index contributed by atoms with van der Waals surface area (Å²) in [5.74, 6) is 1.34. The van der Waals surface area contributed by atoms with Crippen LogP contribution in [-0.2, 0) is 4.74 Å². The van der Waals surface area contributed by atoms with Crippen molar-refractivity contribution in [2.24, 2.45) is 5.92 Å². The summed E-state index contributed by atoms with van der Waals surface area (Å²) in [7, 11) is 0. The van der Waals surface area contributed by atoms with Gasteiger partial charge in [-0.3, -0.25) is 9.69 Å². The van der Waals surface area contributed by atoms with Gasteiger partial charge in [-0.2, -0.15) is 0 Å². The predicted molar refractivity (Wildman–Crippen MR) is 121 cm³/mol. The molecule has 1 aliphatic heterocycles. The Morgan fingerprint density at radius 2 is 2.03 bits per heavy atom. The first-order valence-corrected chi connectivity index (χ1v) is 11.2. The van der Waals surface area contributed by atoms with E-state index in [2.05, 4.69) is 45.4 Å². The summed E-state index contributed by atoms with van der Waals surface area (Å²) in [5, 5.41) is 0. The van der Waals surface area contributed by atoms with Gasteiger partial charge in [0.05, 0.1) is 25.1 Å². The monoisotopic (exact) mass is 424 g/mol. The van der Waals surface area contributed by atoms with Gasteiger partial charge in [0, 0.05) is 25.3 Å². The minimum atomic E-state index is -0.134. The molecule has 1 aromatic carbocycles. The molecule has 7 heteroatoms. The van der Waals surface area contributed by atoms with Gasteiger partial charge in [-0.15, -0.1) is 0 Å². The van der Waals surface area contributed by atoms with E-state index < -0.39 is 0 Å². The van der Waals surface area contributed by atoms with Crippen molar-refractivity contribution in [2.75, 3.05) is 26.3 Å². The fourth-order valence-electron chi connectivity index (χ4n) is 4.29. The zero-order valence-corrected chi connectivity index (χ0v) is 18.6. The van der Waals surface area contributed by atoms with Crippen molar-refractivity contribution in [3.63, 3.8) is 0 Å². The average Bonchev–Trinajstić information content (AvgIpc) is 3.20. The fraction of sp³-hybridized carbons (Fsp3) is 0.500. The van der Waals surface area contributed by atoms with E-state index in [1.54, 1.807) is 12.5 Å². The molecule has 0 spiro atoms. The van der Waals surface area contributed by atoms with Crippen LogP contribution in [0.5, 0.6) is 5.75 Å². The number of likely N-dealkylation sites (tertiary alicyclic amines) is 1. The molecule has 31 heavy (non-hydrogen) atoms. The second-order valence-electron chi connectivity index (χ2n) is 8.54. The van der Waals surface area contributed by atoms with E-state index in [1.807, 2.05) is 25.1 Å². The molecule has 7 nitrogen and oxygen atoms in total. The van der Waals surface area contributed by atoms with Crippen molar-refractivity contribution in [2.45, 2.75) is 45.9 Å². The van der Waals surface area contributed by atoms with Crippen molar-refractivity contribution in [1.29, 1.82) is 0 Å². The Balaban J connectivity index is 1.51. The molecule has 3 aromatic rings. The molecule has 0 amide bonds. The van der Waals surface area contributed by atoms with Crippen LogP contribution in [0.1, 0.15) is 51.4 Å². The molecule has 1 fully saturated rings. The van der Waals surface area contributed by atoms with Gasteiger partial charge in [0.25, 0.3) is 5.56 Å². The largest absolute Gasteiger partial charge is 0.494 e. The first kappa shape index (κ1) is 21.6. The molecule has 0 radical (unpaired) electrons. The third-order valence-corrected chi connectivity index (χ3v) is 5.77. The lowest BCUT2D eigenvalue weighted by atomic mass is 10.0. The number of nitrogens with one attached hydrogen (secondary N) is 1. The second-order valence-corrected chi connectivity index (χ2v) is 8.54. The van der Waals surface area contributed by atoms with Crippen molar-refractivity contribution in [3.8, 4) is 5.75 Å². The molecule has 2 aromatic heterocycles. The Kier molecular flexibility index (Phi) is 6.73. The van der Waals surface area contributed by atoms with Crippen molar-refractivity contribution < 1.29 is 9.47 Å². The molecule has 0 aliphatic carbocycles. The Bertz CT molecular complexity index is 1050. The molecular formula is C24H32N4O3. The maximum atomic E-state index is 12.0. The summed E-state index contributed by atoms with van der Waals surface area (Å²) in [6, 6.07) is 10.5. The van der Waals surface area contributed by atoms with Crippen molar-refractivity contribution in [1.82, 2.24) is 19.4 Å². The SMILES string of the molecule is CCOc1cccc(C(OCC(C)C)N2CCC(n3cnc4c(=O)[nH]ccc43)CC2)c1. The minimum Gasteiger partial charge on any atom is -0.494 e. The number of aromatic nitrogens is 3. The highest BCUT2D eigenvalue weighted by Gasteiger charge is 2.28. The zero-order chi connectivity index (χ0) is 21.8. The third kappa shape index (κ3) is 4.83. The Hall–Kier alpha value is -2.64. The normalized spacial score (nSPS) is 16.8. The summed E-state index contributed by atoms with van der Waals surface area (Å²) in [6.07, 6.45) is 5.36. The van der Waals surface area contributed by atoms with E-state index in [1.165, 1.54) is 0 Å². The maximum Gasteiger partial charge on any atom is 0.276 e. The predicted octanol–water partition coefficient (Wildman–Crippen LogP) is 4.13. The molecule has 3 heterocycles. The van der Waals surface area contributed by atoms with Gasteiger partial charge in [-0.1, -0.05) is 26.0 Å². The average molecular weight is 425 g/mol. The molecule has 1 aliphatic rings. The van der Waals surface area contributed by atoms with Crippen LogP contribution in [0.25, 0.3) is 11.0 Å². The fourth-order valence-corrected chi connectivity index (χ4v) is 4.29. The van der Waals surface area contributed by atoms with Crippen LogP contribution >= 0.6 is 0 Å². The molecule has 0 bridgehead atoms. The van der Waals surface area contributed by atoms with Gasteiger partial charge < -0.3 is 19.0 Å². The van der Waals surface area contributed by atoms with Gasteiger partial charge in [0.2, 0.25) is 0 Å². The highest BCUT2D eigenvalue weighted by Crippen LogP contribution is 2.32. The summed E-state index contributed by atoms with van der Waals surface area (Å²) >= 11 is 0. The van der Waals surface area contributed by atoms with Crippen LogP contribution in [0, 0.1) is 5.92 Å². The van der Waals surface area contributed by atoms with E-state index in [4.69, 9.17) is 9.47 Å². The number of rotatable bonds is 8. The lowest BCUT2D eigenvalue weighted by molar-refractivity contribution is -0.0825. The van der Waals surface area contributed by atoms with Crippen molar-refractivity contribution >= 4 is 11.0 Å². The molecular weight excluding hydrogens is 392 g/mol. The quantitative estimate of drug-likeness (QED) is 0.589. The lowest BCUT2D eigenvalue weighted by Crippen LogP contribution is -2.39. The van der Waals surface area contributed by atoms with E-state index in [0.29, 0.717) is 30.7 Å². The molecule has 4 rings (SSSR count). The van der Waals surface area contributed by atoms with E-state index >= 15 is 0 Å². The van der Waals surface area contributed by atoms with E-state index in [0.717, 1.165) is 42.8 Å². The molecule has 1 unspecified atom stereocenters. The van der Waals surface area contributed by atoms with Gasteiger partial charge >= 0.3 is 0 Å². The van der Waals surface area contributed by atoms with Crippen molar-refractivity contribution in [3.05, 3.63) is 58.8 Å². The van der Waals surface area contributed by atoms with Gasteiger partial charge in [-0.05, 0) is 49.4 Å². The van der Waals surface area contributed by atoms with Crippen LogP contribution in [0.2, 0.25) is 0 Å². The number of fused-ring (bicyclic) bond motifs is 1. The number of piperidine rings is 1. The smallest absolute Gasteiger partial charge is 0.276 e. The number of hydrogen-bond donors (Lipinski definition) is 1. The van der Waals surface area contributed by atoms with Crippen LogP contribution in [-0.4, -0.2) is 45.7 Å². The van der Waals surface area contributed by atoms with E-state index in [-0.39, 0.29) is 11.8 Å². The first-order chi connectivity index (χ1) is 15.1. The van der Waals surface area contributed by atoms with Gasteiger partial charge in [0.15, 0.2) is 5.52 Å². The minimum absolute atomic E-state index is 0.0915. The van der Waals surface area contributed by atoms with Gasteiger partial charge in [0.1, 0.15) is 12.0 Å². The molecule has 166 valence electrons. The Morgan fingerprint density at radius 3 is 2.77 bits per heavy atom. The molecule has 1 N–H and O–H groups in total. The topological polar surface area (TPSA) is 72.4 Å². The summed E-state index contributed by atoms with van der Waals surface area (Å²) in [4.78, 5) is 21.5. The number of benzene rings is 1. The van der Waals surface area contributed by atoms with Crippen LogP contribution in [0.3, 0.4) is 0 Å². The maximum absolute atomic E-state index is 12.0. The van der Waals surface area contributed by atoms with Crippen LogP contribution < -0.4 is 10.3 Å². The zero-order valence-electron chi connectivity index (χ0n) is 18.6. The number of hydrogen-bond acceptors (Lipinski definition) is 5. The van der Waals surface area contributed by atoms with Crippen LogP contribution in [0.15, 0.2) is 47.7 Å². The summed E-state index contributed by atoms with van der Waals surface area (Å²) in [6.45, 7) is 9.52. The number of aromatic amines is 1. The summed E-state index contributed by atoms with van der Waals surface area (Å²) < 4.78 is 14.2. The Labute approximate surface area is 183 Å². The lowest BCUT2D eigenvalue weighted by Gasteiger charge is -2.38. The molecule has 1 saturated heterocycles. The standard InChI is InChI=1S/C24H32N4O3/c1-4-30-20-7-5-6-18(14-20)24(31-15-17(2)3)27-12-9-19(10-13-27)28-16-26-22-21(28)8-11-25-23(22)29/h5-8,11,14,16-17,19,24H,4,9-10,12-13,15H2,1-3H3,(H,25,29). The first-order valence-electron chi connectivity index (χ1n) is 11.2. The highest BCUT2D eigenvalue weighted by molar-refractivity contribution is 5.73. The van der Waals surface area contributed by atoms with E-state index in [9.17, 15) is 4.79 Å². The number of H-pyrrole nitrogens is 1. The van der Waals surface area contributed by atoms with Gasteiger partial charge in [-0.25, -0.2) is 4.98 Å².